The second kappa shape index (κ2) is 5.78. The Kier molecular flexibility index (Phi) is 5.79. The van der Waals surface area contributed by atoms with E-state index in [4.69, 9.17) is 23.2 Å². The number of rotatable bonds is 4. The Morgan fingerprint density at radius 2 is 2.40 bits per heavy atom. The van der Waals surface area contributed by atoms with E-state index in [1.807, 2.05) is 6.92 Å². The van der Waals surface area contributed by atoms with Gasteiger partial charge in [-0.15, -0.1) is 6.58 Å². The van der Waals surface area contributed by atoms with Gasteiger partial charge in [-0.25, -0.2) is 0 Å². The second-order valence-corrected chi connectivity index (χ2v) is 2.66. The Labute approximate surface area is 71.7 Å². The van der Waals surface area contributed by atoms with Gasteiger partial charge in [0.1, 0.15) is 0 Å². The van der Waals surface area contributed by atoms with Crippen LogP contribution < -0.4 is 5.32 Å². The summed E-state index contributed by atoms with van der Waals surface area (Å²) in [5, 5.41) is 3.69. The number of nitrogens with one attached hydrogen (secondary N) is 1. The number of hydrogen-bond acceptors (Lipinski definition) is 1. The van der Waals surface area contributed by atoms with E-state index in [-0.39, 0.29) is 6.04 Å². The van der Waals surface area contributed by atoms with Crippen molar-refractivity contribution in [3.8, 4) is 0 Å². The molecule has 3 heteroatoms. The molecule has 0 aromatic heterocycles. The van der Waals surface area contributed by atoms with Gasteiger partial charge in [-0.2, -0.15) is 0 Å². The topological polar surface area (TPSA) is 12.0 Å². The van der Waals surface area contributed by atoms with E-state index in [2.05, 4.69) is 11.9 Å². The predicted molar refractivity (Wildman–Crippen MR) is 47.5 cm³/mol. The van der Waals surface area contributed by atoms with Crippen LogP contribution in [-0.2, 0) is 0 Å². The minimum Gasteiger partial charge on any atom is -0.306 e. The molecule has 0 bridgehead atoms. The molecule has 0 saturated carbocycles. The maximum atomic E-state index is 5.60. The fourth-order valence-electron chi connectivity index (χ4n) is 0.380. The Bertz CT molecular complexity index is 132. The van der Waals surface area contributed by atoms with Crippen LogP contribution in [0.1, 0.15) is 6.92 Å². The molecule has 0 spiro atoms. The van der Waals surface area contributed by atoms with Crippen LogP contribution in [0.15, 0.2) is 23.2 Å². The first-order chi connectivity index (χ1) is 4.70. The summed E-state index contributed by atoms with van der Waals surface area (Å²) >= 11 is 10.9. The zero-order valence-electron chi connectivity index (χ0n) is 5.90. The summed E-state index contributed by atoms with van der Waals surface area (Å²) in [6.45, 7) is 6.19. The van der Waals surface area contributed by atoms with Gasteiger partial charge in [-0.3, -0.25) is 0 Å². The SMILES string of the molecule is C=CC(C)NC/C(Cl)=C/Cl. The average Bonchev–Trinajstić information content (AvgIpc) is 1.99. The second-order valence-electron chi connectivity index (χ2n) is 1.96. The third-order valence-corrected chi connectivity index (χ3v) is 1.68. The predicted octanol–water partition coefficient (Wildman–Crippen LogP) is 2.47. The summed E-state index contributed by atoms with van der Waals surface area (Å²) in [6.07, 6.45) is 1.80. The van der Waals surface area contributed by atoms with Crippen LogP contribution in [0, 0.1) is 0 Å². The summed E-state index contributed by atoms with van der Waals surface area (Å²) in [5.41, 5.74) is 1.35. The van der Waals surface area contributed by atoms with Gasteiger partial charge >= 0.3 is 0 Å². The van der Waals surface area contributed by atoms with Gasteiger partial charge in [0.25, 0.3) is 0 Å². The highest BCUT2D eigenvalue weighted by Gasteiger charge is 1.94. The molecule has 0 heterocycles. The zero-order chi connectivity index (χ0) is 7.98. The van der Waals surface area contributed by atoms with Crippen molar-refractivity contribution in [1.29, 1.82) is 0 Å². The lowest BCUT2D eigenvalue weighted by atomic mass is 10.3. The first kappa shape index (κ1) is 10.0. The summed E-state index contributed by atoms with van der Waals surface area (Å²) < 4.78 is 0. The van der Waals surface area contributed by atoms with Crippen molar-refractivity contribution in [2.75, 3.05) is 6.54 Å². The Morgan fingerprint density at radius 1 is 1.80 bits per heavy atom. The van der Waals surface area contributed by atoms with Crippen molar-refractivity contribution in [3.63, 3.8) is 0 Å². The third kappa shape index (κ3) is 4.86. The largest absolute Gasteiger partial charge is 0.306 e. The maximum absolute atomic E-state index is 5.60. The molecule has 0 aromatic carbocycles. The third-order valence-electron chi connectivity index (χ3n) is 1.06. The molecule has 1 nitrogen and oxygen atoms in total. The lowest BCUT2D eigenvalue weighted by molar-refractivity contribution is 0.683. The highest BCUT2D eigenvalue weighted by atomic mass is 35.5. The van der Waals surface area contributed by atoms with Crippen LogP contribution in [-0.4, -0.2) is 12.6 Å². The molecule has 1 N–H and O–H groups in total. The Hall–Kier alpha value is 0.0200. The molecular formula is C7H11Cl2N. The molecule has 1 atom stereocenters. The standard InChI is InChI=1S/C7H11Cl2N/c1-3-6(2)10-5-7(9)4-8/h3-4,6,10H,1,5H2,2H3/b7-4-. The summed E-state index contributed by atoms with van der Waals surface area (Å²) in [4.78, 5) is 0. The van der Waals surface area contributed by atoms with Crippen LogP contribution in [0.3, 0.4) is 0 Å². The van der Waals surface area contributed by atoms with Gasteiger partial charge in [-0.05, 0) is 6.92 Å². The van der Waals surface area contributed by atoms with Crippen LogP contribution in [0.2, 0.25) is 0 Å². The van der Waals surface area contributed by atoms with Gasteiger partial charge < -0.3 is 5.32 Å². The van der Waals surface area contributed by atoms with Crippen molar-refractivity contribution >= 4 is 23.2 Å². The maximum Gasteiger partial charge on any atom is 0.0432 e. The highest BCUT2D eigenvalue weighted by Crippen LogP contribution is 2.00. The molecule has 0 radical (unpaired) electrons. The molecule has 0 saturated heterocycles. The smallest absolute Gasteiger partial charge is 0.0432 e. The molecule has 0 rings (SSSR count). The molecule has 1 unspecified atom stereocenters. The average molecular weight is 180 g/mol. The van der Waals surface area contributed by atoms with E-state index >= 15 is 0 Å². The van der Waals surface area contributed by atoms with E-state index in [1.165, 1.54) is 5.54 Å². The van der Waals surface area contributed by atoms with Gasteiger partial charge in [0.15, 0.2) is 0 Å². The van der Waals surface area contributed by atoms with Gasteiger partial charge in [0.05, 0.1) is 0 Å². The van der Waals surface area contributed by atoms with E-state index in [1.54, 1.807) is 6.08 Å². The molecule has 0 aliphatic heterocycles. The van der Waals surface area contributed by atoms with Crippen LogP contribution in [0.5, 0.6) is 0 Å². The molecule has 0 aliphatic rings. The quantitative estimate of drug-likeness (QED) is 0.655. The van der Waals surface area contributed by atoms with E-state index in [0.717, 1.165) is 0 Å². The molecule has 58 valence electrons. The molecule has 10 heavy (non-hydrogen) atoms. The lowest BCUT2D eigenvalue weighted by Crippen LogP contribution is -2.24. The van der Waals surface area contributed by atoms with Crippen LogP contribution in [0.25, 0.3) is 0 Å². The molecule has 0 amide bonds. The van der Waals surface area contributed by atoms with E-state index < -0.39 is 0 Å². The van der Waals surface area contributed by atoms with Crippen LogP contribution >= 0.6 is 23.2 Å². The van der Waals surface area contributed by atoms with E-state index in [9.17, 15) is 0 Å². The Balaban J connectivity index is 3.44. The minimum absolute atomic E-state index is 0.269. The lowest BCUT2D eigenvalue weighted by Gasteiger charge is -2.06. The minimum atomic E-state index is 0.269. The highest BCUT2D eigenvalue weighted by molar-refractivity contribution is 6.36. The monoisotopic (exact) mass is 179 g/mol. The van der Waals surface area contributed by atoms with Crippen LogP contribution in [0.4, 0.5) is 0 Å². The first-order valence-corrected chi connectivity index (χ1v) is 3.82. The Morgan fingerprint density at radius 3 is 2.80 bits per heavy atom. The van der Waals surface area contributed by atoms with Gasteiger partial charge in [0.2, 0.25) is 0 Å². The fraction of sp³-hybridized carbons (Fsp3) is 0.429. The number of halogens is 2. The number of hydrogen-bond donors (Lipinski definition) is 1. The zero-order valence-corrected chi connectivity index (χ0v) is 7.41. The molecular weight excluding hydrogens is 169 g/mol. The summed E-state index contributed by atoms with van der Waals surface area (Å²) in [5.74, 6) is 0. The first-order valence-electron chi connectivity index (χ1n) is 3.01. The van der Waals surface area contributed by atoms with Crippen molar-refractivity contribution in [3.05, 3.63) is 23.2 Å². The van der Waals surface area contributed by atoms with Crippen molar-refractivity contribution < 1.29 is 0 Å². The van der Waals surface area contributed by atoms with Crippen molar-refractivity contribution in [1.82, 2.24) is 5.32 Å². The van der Waals surface area contributed by atoms with Gasteiger partial charge in [-0.1, -0.05) is 29.3 Å². The van der Waals surface area contributed by atoms with Crippen molar-refractivity contribution in [2.24, 2.45) is 0 Å². The molecule has 0 fully saturated rings. The van der Waals surface area contributed by atoms with Crippen molar-refractivity contribution in [2.45, 2.75) is 13.0 Å². The normalized spacial score (nSPS) is 14.9. The molecule has 0 aromatic rings. The van der Waals surface area contributed by atoms with Gasteiger partial charge in [0, 0.05) is 23.2 Å². The van der Waals surface area contributed by atoms with E-state index in [0.29, 0.717) is 11.6 Å². The fourth-order valence-corrected chi connectivity index (χ4v) is 0.535. The molecule has 0 aliphatic carbocycles. The summed E-state index contributed by atoms with van der Waals surface area (Å²) in [7, 11) is 0. The summed E-state index contributed by atoms with van der Waals surface area (Å²) in [6, 6.07) is 0.269.